The molecular formula is C16H23LiO4. The summed E-state index contributed by atoms with van der Waals surface area (Å²) in [4.78, 5) is 23.3. The van der Waals surface area contributed by atoms with Crippen molar-refractivity contribution in [2.75, 3.05) is 13.2 Å². The normalized spacial score (nSPS) is 9.62. The van der Waals surface area contributed by atoms with E-state index in [2.05, 4.69) is 0 Å². The molecule has 0 N–H and O–H groups in total. The molecule has 112 valence electrons. The second kappa shape index (κ2) is 11.4. The van der Waals surface area contributed by atoms with Crippen LogP contribution >= 0.6 is 0 Å². The molecule has 0 fully saturated rings. The van der Waals surface area contributed by atoms with E-state index in [0.29, 0.717) is 24.3 Å². The molecule has 0 aromatic heterocycles. The number of unbranched alkanes of at least 4 members (excludes halogenated alkanes) is 2. The van der Waals surface area contributed by atoms with Crippen LogP contribution in [0, 0.1) is 0 Å². The maximum Gasteiger partial charge on any atom is 1.00 e. The monoisotopic (exact) mass is 286 g/mol. The van der Waals surface area contributed by atoms with Crippen LogP contribution in [0.1, 0.15) is 61.7 Å². The number of hydrogen-bond acceptors (Lipinski definition) is 4. The number of benzene rings is 1. The summed E-state index contributed by atoms with van der Waals surface area (Å²) in [6.45, 7) is 4.92. The molecule has 1 aromatic rings. The van der Waals surface area contributed by atoms with E-state index in [-0.39, 0.29) is 32.2 Å². The van der Waals surface area contributed by atoms with Gasteiger partial charge in [-0.15, -0.1) is 0 Å². The molecule has 0 aliphatic rings. The predicted octanol–water partition coefficient (Wildman–Crippen LogP) is 0.717. The van der Waals surface area contributed by atoms with Gasteiger partial charge in [-0.05, 0) is 37.1 Å². The van der Waals surface area contributed by atoms with Gasteiger partial charge in [0.1, 0.15) is 0 Å². The summed E-state index contributed by atoms with van der Waals surface area (Å²) in [5.74, 6) is -0.714. The fourth-order valence-electron chi connectivity index (χ4n) is 1.53. The topological polar surface area (TPSA) is 52.6 Å². The van der Waals surface area contributed by atoms with Crippen LogP contribution in [0.5, 0.6) is 0 Å². The Balaban J connectivity index is 0. The zero-order valence-electron chi connectivity index (χ0n) is 14.2. The smallest absolute Gasteiger partial charge is 1.00 e. The molecule has 0 amide bonds. The summed E-state index contributed by atoms with van der Waals surface area (Å²) in [7, 11) is 0. The SMILES string of the molecule is CCCCOC(=O)c1ccc(C(=O)OCCCC)cc1.[H-].[Li+]. The van der Waals surface area contributed by atoms with Crippen molar-refractivity contribution in [3.8, 4) is 0 Å². The minimum Gasteiger partial charge on any atom is -1.00 e. The van der Waals surface area contributed by atoms with Gasteiger partial charge in [0.2, 0.25) is 0 Å². The van der Waals surface area contributed by atoms with Gasteiger partial charge in [0.05, 0.1) is 24.3 Å². The minimum absolute atomic E-state index is 0. The van der Waals surface area contributed by atoms with Crippen molar-refractivity contribution in [1.29, 1.82) is 0 Å². The molecule has 0 unspecified atom stereocenters. The van der Waals surface area contributed by atoms with Gasteiger partial charge in [0, 0.05) is 0 Å². The van der Waals surface area contributed by atoms with Crippen LogP contribution in [0.25, 0.3) is 0 Å². The molecule has 0 bridgehead atoms. The van der Waals surface area contributed by atoms with Crippen molar-refractivity contribution in [3.05, 3.63) is 35.4 Å². The van der Waals surface area contributed by atoms with E-state index < -0.39 is 0 Å². The third-order valence-corrected chi connectivity index (χ3v) is 2.82. The van der Waals surface area contributed by atoms with Gasteiger partial charge < -0.3 is 10.9 Å². The van der Waals surface area contributed by atoms with Crippen molar-refractivity contribution in [1.82, 2.24) is 0 Å². The number of rotatable bonds is 8. The summed E-state index contributed by atoms with van der Waals surface area (Å²) >= 11 is 0. The van der Waals surface area contributed by atoms with Crippen LogP contribution < -0.4 is 18.9 Å². The largest absolute Gasteiger partial charge is 1.00 e. The van der Waals surface area contributed by atoms with Crippen molar-refractivity contribution in [3.63, 3.8) is 0 Å². The zero-order chi connectivity index (χ0) is 14.8. The van der Waals surface area contributed by atoms with Crippen LogP contribution in [-0.4, -0.2) is 25.2 Å². The molecule has 21 heavy (non-hydrogen) atoms. The maximum absolute atomic E-state index is 11.7. The molecule has 4 nitrogen and oxygen atoms in total. The molecule has 5 heteroatoms. The summed E-state index contributed by atoms with van der Waals surface area (Å²) in [6.07, 6.45) is 3.67. The van der Waals surface area contributed by atoms with Gasteiger partial charge in [-0.2, -0.15) is 0 Å². The Morgan fingerprint density at radius 2 is 1.19 bits per heavy atom. The molecule has 0 aliphatic carbocycles. The molecule has 0 spiro atoms. The first-order valence-corrected chi connectivity index (χ1v) is 7.13. The first kappa shape index (κ1) is 19.8. The van der Waals surface area contributed by atoms with Crippen LogP contribution in [0.15, 0.2) is 24.3 Å². The summed E-state index contributed by atoms with van der Waals surface area (Å²) in [5, 5.41) is 0. The molecular weight excluding hydrogens is 263 g/mol. The van der Waals surface area contributed by atoms with E-state index in [9.17, 15) is 9.59 Å². The Bertz CT molecular complexity index is 393. The first-order valence-electron chi connectivity index (χ1n) is 7.13. The molecule has 1 rings (SSSR count). The van der Waals surface area contributed by atoms with Crippen molar-refractivity contribution in [2.45, 2.75) is 39.5 Å². The molecule has 0 aliphatic heterocycles. The molecule has 0 radical (unpaired) electrons. The first-order chi connectivity index (χ1) is 9.69. The van der Waals surface area contributed by atoms with Crippen LogP contribution in [0.2, 0.25) is 0 Å². The van der Waals surface area contributed by atoms with E-state index >= 15 is 0 Å². The molecule has 0 saturated carbocycles. The molecule has 0 heterocycles. The van der Waals surface area contributed by atoms with Gasteiger partial charge in [-0.3, -0.25) is 0 Å². The van der Waals surface area contributed by atoms with Gasteiger partial charge in [0.15, 0.2) is 0 Å². The standard InChI is InChI=1S/C16H22O4.Li.H/c1-3-5-11-19-15(17)13-7-9-14(10-8-13)16(18)20-12-6-4-2;;/h7-10H,3-6,11-12H2,1-2H3;;/q;+1;-1. The minimum atomic E-state index is -0.357. The molecule has 0 saturated heterocycles. The Hall–Kier alpha value is -1.24. The van der Waals surface area contributed by atoms with Gasteiger partial charge in [-0.25, -0.2) is 9.59 Å². The van der Waals surface area contributed by atoms with Crippen molar-refractivity contribution in [2.24, 2.45) is 0 Å². The Morgan fingerprint density at radius 1 is 0.857 bits per heavy atom. The van der Waals surface area contributed by atoms with Crippen LogP contribution in [0.4, 0.5) is 0 Å². The summed E-state index contributed by atoms with van der Waals surface area (Å²) in [6, 6.07) is 6.35. The van der Waals surface area contributed by atoms with E-state index in [1.807, 2.05) is 13.8 Å². The Morgan fingerprint density at radius 3 is 1.48 bits per heavy atom. The third-order valence-electron chi connectivity index (χ3n) is 2.82. The maximum atomic E-state index is 11.7. The van der Waals surface area contributed by atoms with Crippen molar-refractivity contribution < 1.29 is 39.4 Å². The fraction of sp³-hybridized carbons (Fsp3) is 0.500. The van der Waals surface area contributed by atoms with Gasteiger partial charge in [0.25, 0.3) is 0 Å². The van der Waals surface area contributed by atoms with Crippen LogP contribution in [-0.2, 0) is 9.47 Å². The van der Waals surface area contributed by atoms with Crippen LogP contribution in [0.3, 0.4) is 0 Å². The molecule has 0 atom stereocenters. The van der Waals surface area contributed by atoms with E-state index in [4.69, 9.17) is 9.47 Å². The Labute approximate surface area is 139 Å². The molecule has 1 aromatic carbocycles. The average Bonchev–Trinajstić information content (AvgIpc) is 2.47. The fourth-order valence-corrected chi connectivity index (χ4v) is 1.53. The quantitative estimate of drug-likeness (QED) is 0.401. The van der Waals surface area contributed by atoms with E-state index in [1.165, 1.54) is 0 Å². The number of carbonyl (C=O) groups is 2. The Kier molecular flexibility index (Phi) is 10.7. The summed E-state index contributed by atoms with van der Waals surface area (Å²) in [5.41, 5.74) is 0.900. The number of esters is 2. The number of hydrogen-bond donors (Lipinski definition) is 0. The van der Waals surface area contributed by atoms with Gasteiger partial charge in [-0.1, -0.05) is 26.7 Å². The third kappa shape index (κ3) is 7.36. The predicted molar refractivity (Wildman–Crippen MR) is 77.9 cm³/mol. The summed E-state index contributed by atoms with van der Waals surface area (Å²) < 4.78 is 10.2. The number of carbonyl (C=O) groups excluding carboxylic acids is 2. The van der Waals surface area contributed by atoms with E-state index in [1.54, 1.807) is 24.3 Å². The van der Waals surface area contributed by atoms with Crippen molar-refractivity contribution >= 4 is 11.9 Å². The second-order valence-corrected chi connectivity index (χ2v) is 4.56. The van der Waals surface area contributed by atoms with E-state index in [0.717, 1.165) is 25.7 Å². The van der Waals surface area contributed by atoms with Gasteiger partial charge >= 0.3 is 30.8 Å². The zero-order valence-corrected chi connectivity index (χ0v) is 13.2. The number of ether oxygens (including phenoxy) is 2. The average molecular weight is 286 g/mol. The second-order valence-electron chi connectivity index (χ2n) is 4.56.